The summed E-state index contributed by atoms with van der Waals surface area (Å²) in [5.74, 6) is -0.0220. The van der Waals surface area contributed by atoms with Crippen molar-refractivity contribution in [3.8, 4) is 17.2 Å². The molecule has 1 aromatic heterocycles. The lowest BCUT2D eigenvalue weighted by atomic mass is 10.2. The van der Waals surface area contributed by atoms with Gasteiger partial charge in [0.2, 0.25) is 0 Å². The van der Waals surface area contributed by atoms with Crippen molar-refractivity contribution in [1.29, 1.82) is 0 Å². The third-order valence-electron chi connectivity index (χ3n) is 4.07. The Morgan fingerprint density at radius 3 is 2.50 bits per heavy atom. The topological polar surface area (TPSA) is 91.7 Å². The highest BCUT2D eigenvalue weighted by molar-refractivity contribution is 6.02. The Balaban J connectivity index is 1.82. The fourth-order valence-electron chi connectivity index (χ4n) is 2.60. The maximum Gasteiger partial charge on any atom is 0.276 e. The van der Waals surface area contributed by atoms with Gasteiger partial charge in [0.1, 0.15) is 18.1 Å². The number of hydrogen-bond acceptors (Lipinski definition) is 6. The van der Waals surface area contributed by atoms with E-state index >= 15 is 0 Å². The first kappa shape index (κ1) is 21.0. The van der Waals surface area contributed by atoms with Gasteiger partial charge in [-0.05, 0) is 42.5 Å². The van der Waals surface area contributed by atoms with Gasteiger partial charge in [-0.3, -0.25) is 9.59 Å². The van der Waals surface area contributed by atoms with Gasteiger partial charge < -0.3 is 19.5 Å². The van der Waals surface area contributed by atoms with Crippen LogP contribution in [0.15, 0.2) is 59.4 Å². The van der Waals surface area contributed by atoms with Gasteiger partial charge in [-0.1, -0.05) is 0 Å². The van der Waals surface area contributed by atoms with Crippen LogP contribution in [-0.2, 0) is 4.74 Å². The molecule has 0 saturated heterocycles. The lowest BCUT2D eigenvalue weighted by Crippen LogP contribution is -2.24. The van der Waals surface area contributed by atoms with E-state index in [9.17, 15) is 14.0 Å². The molecule has 0 saturated carbocycles. The van der Waals surface area contributed by atoms with E-state index in [1.165, 1.54) is 43.5 Å². The van der Waals surface area contributed by atoms with Crippen molar-refractivity contribution < 1.29 is 23.4 Å². The van der Waals surface area contributed by atoms with Crippen LogP contribution in [0.3, 0.4) is 0 Å². The first-order valence-corrected chi connectivity index (χ1v) is 8.99. The average Bonchev–Trinajstić information content (AvgIpc) is 2.75. The molecule has 0 aliphatic heterocycles. The van der Waals surface area contributed by atoms with Crippen LogP contribution in [0.25, 0.3) is 5.69 Å². The molecule has 0 aliphatic carbocycles. The molecule has 0 radical (unpaired) electrons. The summed E-state index contributed by atoms with van der Waals surface area (Å²) in [6.07, 6.45) is 0. The highest BCUT2D eigenvalue weighted by Crippen LogP contribution is 2.30. The number of carbonyl (C=O) groups is 1. The zero-order valence-corrected chi connectivity index (χ0v) is 16.4. The number of halogens is 1. The van der Waals surface area contributed by atoms with Crippen molar-refractivity contribution >= 4 is 11.6 Å². The number of nitrogens with one attached hydrogen (secondary N) is 1. The molecule has 0 fully saturated rings. The number of amides is 1. The van der Waals surface area contributed by atoms with Crippen molar-refractivity contribution in [3.63, 3.8) is 0 Å². The van der Waals surface area contributed by atoms with Gasteiger partial charge >= 0.3 is 0 Å². The second-order valence-corrected chi connectivity index (χ2v) is 6.11. The van der Waals surface area contributed by atoms with Gasteiger partial charge in [-0.15, -0.1) is 0 Å². The minimum atomic E-state index is -0.529. The van der Waals surface area contributed by atoms with Crippen LogP contribution in [0.1, 0.15) is 10.5 Å². The number of methoxy groups -OCH3 is 2. The fourth-order valence-corrected chi connectivity index (χ4v) is 2.60. The van der Waals surface area contributed by atoms with E-state index in [1.54, 1.807) is 25.3 Å². The lowest BCUT2D eigenvalue weighted by Gasteiger charge is -2.13. The molecule has 0 unspecified atom stereocenters. The smallest absolute Gasteiger partial charge is 0.276 e. The van der Waals surface area contributed by atoms with Crippen LogP contribution >= 0.6 is 0 Å². The van der Waals surface area contributed by atoms with Gasteiger partial charge in [-0.2, -0.15) is 9.78 Å². The van der Waals surface area contributed by atoms with Crippen LogP contribution in [-0.4, -0.2) is 43.1 Å². The van der Waals surface area contributed by atoms with Crippen molar-refractivity contribution in [3.05, 3.63) is 76.5 Å². The number of aromatic nitrogens is 2. The molecule has 8 nitrogen and oxygen atoms in total. The zero-order valence-electron chi connectivity index (χ0n) is 16.4. The van der Waals surface area contributed by atoms with E-state index in [1.807, 2.05) is 0 Å². The standard InChI is InChI=1S/C21H20FN3O5/c1-28-11-12-30-19-13-15(5-9-18(19)29-2)23-21(27)17-8-10-20(26)25(24-17)16-6-3-14(22)4-7-16/h3-10,13H,11-12H2,1-2H3,(H,23,27). The van der Waals surface area contributed by atoms with E-state index in [-0.39, 0.29) is 5.69 Å². The highest BCUT2D eigenvalue weighted by atomic mass is 19.1. The molecule has 156 valence electrons. The monoisotopic (exact) mass is 413 g/mol. The first-order chi connectivity index (χ1) is 14.5. The lowest BCUT2D eigenvalue weighted by molar-refractivity contribution is 0.102. The second-order valence-electron chi connectivity index (χ2n) is 6.11. The third kappa shape index (κ3) is 5.00. The molecular weight excluding hydrogens is 393 g/mol. The minimum Gasteiger partial charge on any atom is -0.493 e. The molecule has 0 bridgehead atoms. The molecule has 1 heterocycles. The molecule has 3 rings (SSSR count). The number of carbonyl (C=O) groups excluding carboxylic acids is 1. The molecule has 0 spiro atoms. The number of benzene rings is 2. The quantitative estimate of drug-likeness (QED) is 0.571. The van der Waals surface area contributed by atoms with Gasteiger partial charge in [0.25, 0.3) is 11.5 Å². The Bertz CT molecular complexity index is 1080. The minimum absolute atomic E-state index is 0.0107. The fraction of sp³-hybridized carbons (Fsp3) is 0.190. The highest BCUT2D eigenvalue weighted by Gasteiger charge is 2.13. The Labute approximate surface area is 171 Å². The molecule has 1 N–H and O–H groups in total. The maximum atomic E-state index is 13.1. The summed E-state index contributed by atoms with van der Waals surface area (Å²) in [7, 11) is 3.08. The molecule has 30 heavy (non-hydrogen) atoms. The molecule has 0 aliphatic rings. The average molecular weight is 413 g/mol. The van der Waals surface area contributed by atoms with E-state index < -0.39 is 17.3 Å². The van der Waals surface area contributed by atoms with Crippen LogP contribution in [0.5, 0.6) is 11.5 Å². The SMILES string of the molecule is COCCOc1cc(NC(=O)c2ccc(=O)n(-c3ccc(F)cc3)n2)ccc1OC. The Kier molecular flexibility index (Phi) is 6.76. The summed E-state index contributed by atoms with van der Waals surface area (Å²) in [4.78, 5) is 24.8. The van der Waals surface area contributed by atoms with E-state index in [4.69, 9.17) is 14.2 Å². The normalized spacial score (nSPS) is 10.5. The summed E-state index contributed by atoms with van der Waals surface area (Å²) in [6, 6.07) is 12.7. The summed E-state index contributed by atoms with van der Waals surface area (Å²) in [5.41, 5.74) is 0.358. The summed E-state index contributed by atoms with van der Waals surface area (Å²) < 4.78 is 30.0. The summed E-state index contributed by atoms with van der Waals surface area (Å²) >= 11 is 0. The Morgan fingerprint density at radius 2 is 1.80 bits per heavy atom. The van der Waals surface area contributed by atoms with Gasteiger partial charge in [-0.25, -0.2) is 4.39 Å². The van der Waals surface area contributed by atoms with Gasteiger partial charge in [0.05, 0.1) is 19.4 Å². The number of hydrogen-bond donors (Lipinski definition) is 1. The summed E-state index contributed by atoms with van der Waals surface area (Å²) in [5, 5.41) is 6.79. The van der Waals surface area contributed by atoms with E-state index in [2.05, 4.69) is 10.4 Å². The molecule has 3 aromatic rings. The van der Waals surface area contributed by atoms with Crippen molar-refractivity contribution in [2.24, 2.45) is 0 Å². The van der Waals surface area contributed by atoms with Crippen molar-refractivity contribution in [2.75, 3.05) is 32.8 Å². The summed E-state index contributed by atoms with van der Waals surface area (Å²) in [6.45, 7) is 0.711. The van der Waals surface area contributed by atoms with E-state index in [0.29, 0.717) is 36.1 Å². The predicted molar refractivity (Wildman–Crippen MR) is 108 cm³/mol. The maximum absolute atomic E-state index is 13.1. The second kappa shape index (κ2) is 9.66. The van der Waals surface area contributed by atoms with Gasteiger partial charge in [0, 0.05) is 24.9 Å². The third-order valence-corrected chi connectivity index (χ3v) is 4.07. The van der Waals surface area contributed by atoms with Crippen LogP contribution in [0, 0.1) is 5.82 Å². The molecule has 1 amide bonds. The molecule has 9 heteroatoms. The Hall–Kier alpha value is -3.72. The van der Waals surface area contributed by atoms with Crippen molar-refractivity contribution in [1.82, 2.24) is 9.78 Å². The Morgan fingerprint density at radius 1 is 1.03 bits per heavy atom. The van der Waals surface area contributed by atoms with E-state index in [0.717, 1.165) is 4.68 Å². The number of ether oxygens (including phenoxy) is 3. The largest absolute Gasteiger partial charge is 0.493 e. The predicted octanol–water partition coefficient (Wildman–Crippen LogP) is 2.66. The first-order valence-electron chi connectivity index (χ1n) is 8.99. The number of nitrogens with zero attached hydrogens (tertiary/aromatic N) is 2. The van der Waals surface area contributed by atoms with Crippen LogP contribution < -0.4 is 20.3 Å². The van der Waals surface area contributed by atoms with Crippen LogP contribution in [0.4, 0.5) is 10.1 Å². The van der Waals surface area contributed by atoms with Gasteiger partial charge in [0.15, 0.2) is 11.5 Å². The van der Waals surface area contributed by atoms with Crippen molar-refractivity contribution in [2.45, 2.75) is 0 Å². The number of rotatable bonds is 8. The molecular formula is C21H20FN3O5. The molecule has 0 atom stereocenters. The van der Waals surface area contributed by atoms with Crippen LogP contribution in [0.2, 0.25) is 0 Å². The number of anilines is 1. The zero-order chi connectivity index (χ0) is 21.5. The molecule has 2 aromatic carbocycles.